The minimum atomic E-state index is -0.534. The minimum absolute atomic E-state index is 0.0223. The van der Waals surface area contributed by atoms with E-state index in [9.17, 15) is 4.79 Å². The number of ether oxygens (including phenoxy) is 4. The monoisotopic (exact) mass is 279 g/mol. The van der Waals surface area contributed by atoms with Crippen LogP contribution in [-0.4, -0.2) is 50.0 Å². The second-order valence-corrected chi connectivity index (χ2v) is 4.71. The smallest absolute Gasteiger partial charge is 0.263 e. The van der Waals surface area contributed by atoms with Gasteiger partial charge in [-0.1, -0.05) is 0 Å². The zero-order valence-corrected chi connectivity index (χ0v) is 11.3. The number of hydrogen-bond acceptors (Lipinski definition) is 5. The molecule has 2 aliphatic heterocycles. The molecular weight excluding hydrogens is 262 g/mol. The molecule has 1 atom stereocenters. The van der Waals surface area contributed by atoms with Crippen LogP contribution in [0.1, 0.15) is 6.92 Å². The molecule has 0 saturated carbocycles. The van der Waals surface area contributed by atoms with Gasteiger partial charge in [-0.25, -0.2) is 0 Å². The van der Waals surface area contributed by atoms with Gasteiger partial charge in [0.1, 0.15) is 5.75 Å². The zero-order valence-electron chi connectivity index (χ0n) is 11.3. The van der Waals surface area contributed by atoms with Crippen LogP contribution in [-0.2, 0) is 9.53 Å². The van der Waals surface area contributed by atoms with Crippen LogP contribution in [0.25, 0.3) is 0 Å². The number of fused-ring (bicyclic) bond motifs is 1. The highest BCUT2D eigenvalue weighted by Gasteiger charge is 2.24. The second-order valence-electron chi connectivity index (χ2n) is 4.71. The van der Waals surface area contributed by atoms with Crippen molar-refractivity contribution in [2.24, 2.45) is 0 Å². The average Bonchev–Trinajstić information content (AvgIpc) is 2.95. The largest absolute Gasteiger partial charge is 0.481 e. The standard InChI is InChI=1S/C14H17NO5/c1-10(14(16)15-4-6-17-7-5-15)20-11-2-3-12-13(8-11)19-9-18-12/h2-3,8,10H,4-7,9H2,1H3/t10-/m0/s1. The Balaban J connectivity index is 1.63. The molecule has 0 aliphatic carbocycles. The summed E-state index contributed by atoms with van der Waals surface area (Å²) in [6.07, 6.45) is -0.534. The van der Waals surface area contributed by atoms with Gasteiger partial charge in [-0.05, 0) is 19.1 Å². The van der Waals surface area contributed by atoms with Crippen LogP contribution in [0.3, 0.4) is 0 Å². The van der Waals surface area contributed by atoms with Crippen molar-refractivity contribution in [1.82, 2.24) is 4.90 Å². The first-order valence-electron chi connectivity index (χ1n) is 6.67. The fourth-order valence-corrected chi connectivity index (χ4v) is 2.25. The van der Waals surface area contributed by atoms with Crippen LogP contribution in [0, 0.1) is 0 Å². The molecule has 1 aromatic rings. The second kappa shape index (κ2) is 5.58. The van der Waals surface area contributed by atoms with Gasteiger partial charge in [-0.3, -0.25) is 4.79 Å². The summed E-state index contributed by atoms with van der Waals surface area (Å²) in [5.74, 6) is 1.92. The zero-order chi connectivity index (χ0) is 13.9. The third-order valence-electron chi connectivity index (χ3n) is 3.33. The third-order valence-corrected chi connectivity index (χ3v) is 3.33. The Morgan fingerprint density at radius 2 is 2.00 bits per heavy atom. The quantitative estimate of drug-likeness (QED) is 0.827. The van der Waals surface area contributed by atoms with Gasteiger partial charge in [0.05, 0.1) is 13.2 Å². The first-order valence-corrected chi connectivity index (χ1v) is 6.67. The Morgan fingerprint density at radius 1 is 1.25 bits per heavy atom. The van der Waals surface area contributed by atoms with Gasteiger partial charge >= 0.3 is 0 Å². The normalized spacial score (nSPS) is 18.8. The average molecular weight is 279 g/mol. The lowest BCUT2D eigenvalue weighted by Crippen LogP contribution is -2.46. The summed E-state index contributed by atoms with van der Waals surface area (Å²) in [5.41, 5.74) is 0. The number of rotatable bonds is 3. The maximum Gasteiger partial charge on any atom is 0.263 e. The molecule has 6 heteroatoms. The van der Waals surface area contributed by atoms with Gasteiger partial charge in [0, 0.05) is 19.2 Å². The van der Waals surface area contributed by atoms with E-state index in [4.69, 9.17) is 18.9 Å². The van der Waals surface area contributed by atoms with Crippen molar-refractivity contribution < 1.29 is 23.7 Å². The van der Waals surface area contributed by atoms with E-state index in [0.29, 0.717) is 43.6 Å². The molecule has 0 unspecified atom stereocenters. The van der Waals surface area contributed by atoms with Crippen molar-refractivity contribution in [3.63, 3.8) is 0 Å². The van der Waals surface area contributed by atoms with Gasteiger partial charge in [0.15, 0.2) is 17.6 Å². The summed E-state index contributed by atoms with van der Waals surface area (Å²) in [4.78, 5) is 14.0. The first-order chi connectivity index (χ1) is 9.74. The number of carbonyl (C=O) groups excluding carboxylic acids is 1. The van der Waals surface area contributed by atoms with Crippen molar-refractivity contribution in [2.75, 3.05) is 33.1 Å². The molecule has 20 heavy (non-hydrogen) atoms. The first kappa shape index (κ1) is 13.1. The molecule has 0 bridgehead atoms. The molecule has 2 aliphatic rings. The Kier molecular flexibility index (Phi) is 3.64. The topological polar surface area (TPSA) is 57.2 Å². The lowest BCUT2D eigenvalue weighted by Gasteiger charge is -2.29. The highest BCUT2D eigenvalue weighted by atomic mass is 16.7. The Hall–Kier alpha value is -1.95. The number of nitrogens with zero attached hydrogens (tertiary/aromatic N) is 1. The van der Waals surface area contributed by atoms with E-state index in [2.05, 4.69) is 0 Å². The maximum atomic E-state index is 12.2. The molecule has 0 N–H and O–H groups in total. The summed E-state index contributed by atoms with van der Waals surface area (Å²) in [5, 5.41) is 0. The van der Waals surface area contributed by atoms with Crippen LogP contribution in [0.4, 0.5) is 0 Å². The Morgan fingerprint density at radius 3 is 2.80 bits per heavy atom. The maximum absolute atomic E-state index is 12.2. The van der Waals surface area contributed by atoms with Gasteiger partial charge < -0.3 is 23.8 Å². The Labute approximate surface area is 117 Å². The van der Waals surface area contributed by atoms with Gasteiger partial charge in [-0.15, -0.1) is 0 Å². The Bertz CT molecular complexity index is 498. The SMILES string of the molecule is C[C@H](Oc1ccc2c(c1)OCO2)C(=O)N1CCOCC1. The summed E-state index contributed by atoms with van der Waals surface area (Å²) in [6.45, 7) is 4.38. The summed E-state index contributed by atoms with van der Waals surface area (Å²) in [7, 11) is 0. The number of hydrogen-bond donors (Lipinski definition) is 0. The third kappa shape index (κ3) is 2.65. The molecule has 1 saturated heterocycles. The van der Waals surface area contributed by atoms with Gasteiger partial charge in [0.25, 0.3) is 5.91 Å². The van der Waals surface area contributed by atoms with E-state index in [0.717, 1.165) is 0 Å². The number of amides is 1. The van der Waals surface area contributed by atoms with E-state index >= 15 is 0 Å². The number of carbonyl (C=O) groups is 1. The van der Waals surface area contributed by atoms with Gasteiger partial charge in [0.2, 0.25) is 6.79 Å². The molecule has 1 fully saturated rings. The number of morpholine rings is 1. The lowest BCUT2D eigenvalue weighted by atomic mass is 10.2. The molecule has 6 nitrogen and oxygen atoms in total. The van der Waals surface area contributed by atoms with Crippen LogP contribution >= 0.6 is 0 Å². The molecule has 0 spiro atoms. The molecule has 0 radical (unpaired) electrons. The number of benzene rings is 1. The van der Waals surface area contributed by atoms with Gasteiger partial charge in [-0.2, -0.15) is 0 Å². The predicted octanol–water partition coefficient (Wildman–Crippen LogP) is 1.04. The van der Waals surface area contributed by atoms with E-state index in [1.807, 2.05) is 0 Å². The molecule has 0 aromatic heterocycles. The summed E-state index contributed by atoms with van der Waals surface area (Å²) >= 11 is 0. The fourth-order valence-electron chi connectivity index (χ4n) is 2.25. The predicted molar refractivity (Wildman–Crippen MR) is 70.1 cm³/mol. The van der Waals surface area contributed by atoms with Crippen molar-refractivity contribution in [3.8, 4) is 17.2 Å². The van der Waals surface area contributed by atoms with E-state index in [-0.39, 0.29) is 12.7 Å². The molecule has 108 valence electrons. The van der Waals surface area contributed by atoms with Crippen LogP contribution in [0.2, 0.25) is 0 Å². The minimum Gasteiger partial charge on any atom is -0.481 e. The van der Waals surface area contributed by atoms with E-state index < -0.39 is 6.10 Å². The van der Waals surface area contributed by atoms with Crippen molar-refractivity contribution in [1.29, 1.82) is 0 Å². The van der Waals surface area contributed by atoms with Crippen molar-refractivity contribution >= 4 is 5.91 Å². The highest BCUT2D eigenvalue weighted by Crippen LogP contribution is 2.35. The summed E-state index contributed by atoms with van der Waals surface area (Å²) < 4.78 is 21.4. The highest BCUT2D eigenvalue weighted by molar-refractivity contribution is 5.81. The van der Waals surface area contributed by atoms with Crippen molar-refractivity contribution in [3.05, 3.63) is 18.2 Å². The lowest BCUT2D eigenvalue weighted by molar-refractivity contribution is -0.142. The fraction of sp³-hybridized carbons (Fsp3) is 0.500. The van der Waals surface area contributed by atoms with E-state index in [1.165, 1.54) is 0 Å². The molecule has 3 rings (SSSR count). The van der Waals surface area contributed by atoms with Crippen LogP contribution in [0.15, 0.2) is 18.2 Å². The molecule has 1 amide bonds. The molecule has 2 heterocycles. The van der Waals surface area contributed by atoms with Crippen LogP contribution in [0.5, 0.6) is 17.2 Å². The van der Waals surface area contributed by atoms with Crippen molar-refractivity contribution in [2.45, 2.75) is 13.0 Å². The molecule has 1 aromatic carbocycles. The summed E-state index contributed by atoms with van der Waals surface area (Å²) in [6, 6.07) is 5.30. The molecular formula is C14H17NO5. The van der Waals surface area contributed by atoms with E-state index in [1.54, 1.807) is 30.0 Å². The van der Waals surface area contributed by atoms with Crippen LogP contribution < -0.4 is 14.2 Å².